The molecule has 0 bridgehead atoms. The van der Waals surface area contributed by atoms with E-state index >= 15 is 0 Å². The van der Waals surface area contributed by atoms with Gasteiger partial charge in [0.1, 0.15) is 17.5 Å². The van der Waals surface area contributed by atoms with Crippen molar-refractivity contribution >= 4 is 27.6 Å². The van der Waals surface area contributed by atoms with Crippen LogP contribution in [0.4, 0.5) is 11.6 Å². The van der Waals surface area contributed by atoms with Gasteiger partial charge in [-0.25, -0.2) is 9.97 Å². The Bertz CT molecular complexity index is 626. The zero-order valence-electron chi connectivity index (χ0n) is 12.9. The van der Waals surface area contributed by atoms with Gasteiger partial charge in [0.05, 0.1) is 0 Å². The van der Waals surface area contributed by atoms with Crippen molar-refractivity contribution in [3.63, 3.8) is 0 Å². The molecule has 1 heterocycles. The van der Waals surface area contributed by atoms with Crippen molar-refractivity contribution in [1.29, 1.82) is 0 Å². The summed E-state index contributed by atoms with van der Waals surface area (Å²) in [6.45, 7) is 6.96. The average molecular weight is 349 g/mol. The van der Waals surface area contributed by atoms with Gasteiger partial charge in [0.2, 0.25) is 0 Å². The summed E-state index contributed by atoms with van der Waals surface area (Å²) in [5.74, 6) is 2.91. The van der Waals surface area contributed by atoms with Crippen molar-refractivity contribution in [2.45, 2.75) is 33.2 Å². The molecule has 0 saturated carbocycles. The number of rotatable bonds is 5. The molecule has 0 amide bonds. The number of anilines is 2. The summed E-state index contributed by atoms with van der Waals surface area (Å²) < 4.78 is 1.08. The van der Waals surface area contributed by atoms with Crippen molar-refractivity contribution in [2.75, 3.05) is 17.7 Å². The molecule has 0 spiro atoms. The van der Waals surface area contributed by atoms with Crippen molar-refractivity contribution < 1.29 is 0 Å². The minimum atomic E-state index is 0.295. The molecule has 2 aromatic rings. The van der Waals surface area contributed by atoms with Crippen molar-refractivity contribution in [3.8, 4) is 0 Å². The highest BCUT2D eigenvalue weighted by atomic mass is 79.9. The third-order valence-corrected chi connectivity index (χ3v) is 3.76. The van der Waals surface area contributed by atoms with Gasteiger partial charge in [-0.2, -0.15) is 0 Å². The van der Waals surface area contributed by atoms with Gasteiger partial charge in [-0.15, -0.1) is 0 Å². The molecule has 0 aliphatic rings. The van der Waals surface area contributed by atoms with E-state index < -0.39 is 0 Å². The van der Waals surface area contributed by atoms with E-state index in [-0.39, 0.29) is 0 Å². The molecular weight excluding hydrogens is 328 g/mol. The summed E-state index contributed by atoms with van der Waals surface area (Å²) in [5, 5.41) is 6.55. The molecule has 5 heteroatoms. The Labute approximate surface area is 134 Å². The van der Waals surface area contributed by atoms with Gasteiger partial charge >= 0.3 is 0 Å². The Hall–Kier alpha value is -1.62. The second-order valence-electron chi connectivity index (χ2n) is 5.29. The molecule has 0 radical (unpaired) electrons. The van der Waals surface area contributed by atoms with E-state index in [9.17, 15) is 0 Å². The topological polar surface area (TPSA) is 49.8 Å². The first-order valence-corrected chi connectivity index (χ1v) is 7.85. The molecule has 0 aliphatic heterocycles. The van der Waals surface area contributed by atoms with Crippen LogP contribution in [0.25, 0.3) is 0 Å². The maximum atomic E-state index is 4.64. The van der Waals surface area contributed by atoms with Crippen LogP contribution in [-0.4, -0.2) is 17.0 Å². The van der Waals surface area contributed by atoms with Crippen molar-refractivity contribution in [3.05, 3.63) is 45.7 Å². The van der Waals surface area contributed by atoms with Crippen LogP contribution in [0.5, 0.6) is 0 Å². The molecule has 0 saturated heterocycles. The second-order valence-corrected chi connectivity index (χ2v) is 6.21. The van der Waals surface area contributed by atoms with Gasteiger partial charge in [0, 0.05) is 29.5 Å². The Morgan fingerprint density at radius 3 is 2.52 bits per heavy atom. The van der Waals surface area contributed by atoms with Crippen LogP contribution in [0.2, 0.25) is 0 Å². The smallest absolute Gasteiger partial charge is 0.135 e. The lowest BCUT2D eigenvalue weighted by atomic mass is 10.2. The quantitative estimate of drug-likeness (QED) is 0.844. The van der Waals surface area contributed by atoms with Crippen LogP contribution in [-0.2, 0) is 6.54 Å². The first-order chi connectivity index (χ1) is 10.0. The zero-order valence-corrected chi connectivity index (χ0v) is 14.5. The largest absolute Gasteiger partial charge is 0.373 e. The van der Waals surface area contributed by atoms with Crippen LogP contribution >= 0.6 is 15.9 Å². The molecular formula is C16H21BrN4. The van der Waals surface area contributed by atoms with Gasteiger partial charge in [-0.3, -0.25) is 0 Å². The third-order valence-electron chi connectivity index (χ3n) is 3.27. The number of benzene rings is 1. The number of halogens is 1. The lowest BCUT2D eigenvalue weighted by Gasteiger charge is -2.15. The van der Waals surface area contributed by atoms with Crippen LogP contribution in [0, 0.1) is 6.92 Å². The molecule has 1 aromatic carbocycles. The van der Waals surface area contributed by atoms with Crippen molar-refractivity contribution in [1.82, 2.24) is 9.97 Å². The zero-order chi connectivity index (χ0) is 15.4. The molecule has 21 heavy (non-hydrogen) atoms. The van der Waals surface area contributed by atoms with Crippen LogP contribution < -0.4 is 10.6 Å². The Morgan fingerprint density at radius 1 is 1.19 bits per heavy atom. The Morgan fingerprint density at radius 2 is 1.90 bits per heavy atom. The first-order valence-electron chi connectivity index (χ1n) is 7.06. The number of hydrogen-bond donors (Lipinski definition) is 2. The van der Waals surface area contributed by atoms with E-state index in [1.807, 2.05) is 26.1 Å². The van der Waals surface area contributed by atoms with Crippen LogP contribution in [0.15, 0.2) is 28.7 Å². The molecule has 1 aromatic heterocycles. The van der Waals surface area contributed by atoms with Crippen molar-refractivity contribution in [2.24, 2.45) is 0 Å². The summed E-state index contributed by atoms with van der Waals surface area (Å²) >= 11 is 3.49. The average Bonchev–Trinajstić information content (AvgIpc) is 2.46. The molecule has 0 atom stereocenters. The standard InChI is InChI=1S/C16H21BrN4/c1-10(2)14-20-15(18-4)11(3)16(21-14)19-9-12-6-5-7-13(17)8-12/h5-8,10H,9H2,1-4H3,(H2,18,19,20,21). The Balaban J connectivity index is 2.24. The predicted octanol–water partition coefficient (Wildman–Crippen LogP) is 4.32. The lowest BCUT2D eigenvalue weighted by molar-refractivity contribution is 0.773. The van der Waals surface area contributed by atoms with E-state index in [2.05, 4.69) is 62.5 Å². The lowest BCUT2D eigenvalue weighted by Crippen LogP contribution is -2.10. The maximum absolute atomic E-state index is 4.64. The molecule has 0 fully saturated rings. The van der Waals surface area contributed by atoms with Gasteiger partial charge in [-0.1, -0.05) is 41.9 Å². The minimum absolute atomic E-state index is 0.295. The summed E-state index contributed by atoms with van der Waals surface area (Å²) in [7, 11) is 1.89. The highest BCUT2D eigenvalue weighted by molar-refractivity contribution is 9.10. The SMILES string of the molecule is CNc1nc(C(C)C)nc(NCc2cccc(Br)c2)c1C. The third kappa shape index (κ3) is 3.94. The molecule has 0 unspecified atom stereocenters. The fraction of sp³-hybridized carbons (Fsp3) is 0.375. The van der Waals surface area contributed by atoms with E-state index in [0.717, 1.165) is 34.0 Å². The second kappa shape index (κ2) is 6.89. The predicted molar refractivity (Wildman–Crippen MR) is 91.9 cm³/mol. The monoisotopic (exact) mass is 348 g/mol. The number of aromatic nitrogens is 2. The summed E-state index contributed by atoms with van der Waals surface area (Å²) in [5.41, 5.74) is 2.25. The van der Waals surface area contributed by atoms with Gasteiger partial charge in [0.25, 0.3) is 0 Å². The molecule has 2 rings (SSSR count). The van der Waals surface area contributed by atoms with E-state index in [4.69, 9.17) is 0 Å². The summed E-state index contributed by atoms with van der Waals surface area (Å²) in [6.07, 6.45) is 0. The van der Waals surface area contributed by atoms with E-state index in [1.54, 1.807) is 0 Å². The molecule has 2 N–H and O–H groups in total. The fourth-order valence-electron chi connectivity index (χ4n) is 2.04. The van der Waals surface area contributed by atoms with E-state index in [1.165, 1.54) is 5.56 Å². The molecule has 4 nitrogen and oxygen atoms in total. The molecule has 0 aliphatic carbocycles. The van der Waals surface area contributed by atoms with Gasteiger partial charge < -0.3 is 10.6 Å². The number of hydrogen-bond acceptors (Lipinski definition) is 4. The summed E-state index contributed by atoms with van der Waals surface area (Å²) in [4.78, 5) is 9.19. The van der Waals surface area contributed by atoms with Gasteiger partial charge in [-0.05, 0) is 24.6 Å². The fourth-order valence-corrected chi connectivity index (χ4v) is 2.49. The van der Waals surface area contributed by atoms with Crippen LogP contribution in [0.1, 0.15) is 36.7 Å². The summed E-state index contributed by atoms with van der Waals surface area (Å²) in [6, 6.07) is 8.25. The Kier molecular flexibility index (Phi) is 5.17. The minimum Gasteiger partial charge on any atom is -0.373 e. The van der Waals surface area contributed by atoms with Crippen LogP contribution in [0.3, 0.4) is 0 Å². The number of nitrogens with one attached hydrogen (secondary N) is 2. The highest BCUT2D eigenvalue weighted by Gasteiger charge is 2.12. The highest BCUT2D eigenvalue weighted by Crippen LogP contribution is 2.23. The molecule has 112 valence electrons. The maximum Gasteiger partial charge on any atom is 0.135 e. The van der Waals surface area contributed by atoms with Gasteiger partial charge in [0.15, 0.2) is 0 Å². The van der Waals surface area contributed by atoms with E-state index in [0.29, 0.717) is 5.92 Å². The first kappa shape index (κ1) is 15.8. The number of nitrogens with zero attached hydrogens (tertiary/aromatic N) is 2. The normalized spacial score (nSPS) is 10.8.